The van der Waals surface area contributed by atoms with Crippen LogP contribution in [0.25, 0.3) is 0 Å². The van der Waals surface area contributed by atoms with E-state index in [0.717, 1.165) is 0 Å². The third-order valence-corrected chi connectivity index (χ3v) is 2.41. The van der Waals surface area contributed by atoms with Crippen LogP contribution in [0, 0.1) is 0 Å². The van der Waals surface area contributed by atoms with Gasteiger partial charge in [-0.1, -0.05) is 13.8 Å². The van der Waals surface area contributed by atoms with Crippen molar-refractivity contribution in [1.82, 2.24) is 0 Å². The van der Waals surface area contributed by atoms with Gasteiger partial charge < -0.3 is 9.47 Å². The molecule has 0 N–H and O–H groups in total. The number of thiol groups is 2. The number of hydrogen-bond donors (Lipinski definition) is 2. The molecule has 0 radical (unpaired) electrons. The van der Waals surface area contributed by atoms with Crippen LogP contribution in [0.1, 0.15) is 40.0 Å². The Morgan fingerprint density at radius 3 is 2.00 bits per heavy atom. The Balaban J connectivity index is 3.67. The third-order valence-electron chi connectivity index (χ3n) is 2.04. The van der Waals surface area contributed by atoms with Crippen LogP contribution in [-0.4, -0.2) is 35.1 Å². The van der Waals surface area contributed by atoms with E-state index in [0.29, 0.717) is 6.42 Å². The van der Waals surface area contributed by atoms with Gasteiger partial charge in [0.1, 0.15) is 6.10 Å². The minimum absolute atomic E-state index is 0.00961. The lowest BCUT2D eigenvalue weighted by molar-refractivity contribution is -0.150. The highest BCUT2D eigenvalue weighted by Crippen LogP contribution is 2.06. The average molecular weight is 294 g/mol. The first-order chi connectivity index (χ1) is 8.31. The van der Waals surface area contributed by atoms with Crippen molar-refractivity contribution in [3.05, 3.63) is 0 Å². The second-order valence-corrected chi connectivity index (χ2v) is 6.18. The lowest BCUT2D eigenvalue weighted by Crippen LogP contribution is -2.20. The molecule has 106 valence electrons. The minimum Gasteiger partial charge on any atom is -0.465 e. The molecule has 3 unspecified atom stereocenters. The zero-order chi connectivity index (χ0) is 14.1. The summed E-state index contributed by atoms with van der Waals surface area (Å²) in [6, 6.07) is 0. The van der Waals surface area contributed by atoms with Gasteiger partial charge in [0, 0.05) is 16.9 Å². The van der Waals surface area contributed by atoms with E-state index < -0.39 is 0 Å². The largest absolute Gasteiger partial charge is 0.465 e. The van der Waals surface area contributed by atoms with Gasteiger partial charge in [0.15, 0.2) is 0 Å². The van der Waals surface area contributed by atoms with E-state index in [2.05, 4.69) is 25.3 Å². The fourth-order valence-corrected chi connectivity index (χ4v) is 1.51. The Hall–Kier alpha value is -0.360. The number of esters is 2. The molecule has 0 aromatic rings. The molecule has 4 nitrogen and oxygen atoms in total. The molecule has 0 saturated carbocycles. The topological polar surface area (TPSA) is 52.6 Å². The lowest BCUT2D eigenvalue weighted by atomic mass is 10.3. The molecule has 0 aromatic heterocycles. The Kier molecular flexibility index (Phi) is 9.36. The SMILES string of the molecule is CC(S)CC(=O)OCCC(C)OC(=O)CC(C)S. The van der Waals surface area contributed by atoms with Crippen LogP contribution >= 0.6 is 25.3 Å². The fourth-order valence-electron chi connectivity index (χ4n) is 1.21. The molecular formula is C12H22O4S2. The first kappa shape index (κ1) is 17.6. The van der Waals surface area contributed by atoms with E-state index in [9.17, 15) is 9.59 Å². The normalized spacial score (nSPS) is 15.6. The van der Waals surface area contributed by atoms with Gasteiger partial charge in [-0.25, -0.2) is 0 Å². The summed E-state index contributed by atoms with van der Waals surface area (Å²) in [5, 5.41) is -0.0240. The molecule has 6 heteroatoms. The Bertz CT molecular complexity index is 267. The summed E-state index contributed by atoms with van der Waals surface area (Å²) < 4.78 is 10.1. The van der Waals surface area contributed by atoms with Crippen molar-refractivity contribution in [2.24, 2.45) is 0 Å². The Morgan fingerprint density at radius 2 is 1.50 bits per heavy atom. The quantitative estimate of drug-likeness (QED) is 0.532. The number of rotatable bonds is 8. The van der Waals surface area contributed by atoms with Crippen molar-refractivity contribution in [3.63, 3.8) is 0 Å². The van der Waals surface area contributed by atoms with E-state index in [4.69, 9.17) is 9.47 Å². The van der Waals surface area contributed by atoms with Crippen molar-refractivity contribution < 1.29 is 19.1 Å². The second-order valence-electron chi connectivity index (χ2n) is 4.42. The standard InChI is InChI=1S/C12H22O4S2/c1-8(16-12(14)7-10(3)18)4-5-15-11(13)6-9(2)17/h8-10,17-18H,4-7H2,1-3H3. The summed E-state index contributed by atoms with van der Waals surface area (Å²) >= 11 is 8.21. The summed E-state index contributed by atoms with van der Waals surface area (Å²) in [6.45, 7) is 5.68. The number of ether oxygens (including phenoxy) is 2. The molecule has 0 aliphatic rings. The minimum atomic E-state index is -0.278. The number of carbonyl (C=O) groups is 2. The van der Waals surface area contributed by atoms with Crippen molar-refractivity contribution in [3.8, 4) is 0 Å². The Labute approximate surface area is 120 Å². The van der Waals surface area contributed by atoms with E-state index in [1.54, 1.807) is 6.92 Å². The maximum absolute atomic E-state index is 11.3. The highest BCUT2D eigenvalue weighted by Gasteiger charge is 2.13. The number of hydrogen-bond acceptors (Lipinski definition) is 6. The van der Waals surface area contributed by atoms with Crippen LogP contribution in [0.3, 0.4) is 0 Å². The molecule has 0 amide bonds. The van der Waals surface area contributed by atoms with Gasteiger partial charge in [-0.05, 0) is 6.92 Å². The summed E-state index contributed by atoms with van der Waals surface area (Å²) in [4.78, 5) is 22.5. The van der Waals surface area contributed by atoms with E-state index in [1.165, 1.54) is 0 Å². The van der Waals surface area contributed by atoms with E-state index in [-0.39, 0.29) is 48.0 Å². The van der Waals surface area contributed by atoms with Crippen molar-refractivity contribution in [2.75, 3.05) is 6.61 Å². The van der Waals surface area contributed by atoms with Crippen LogP contribution in [0.4, 0.5) is 0 Å². The first-order valence-corrected chi connectivity index (χ1v) is 7.05. The van der Waals surface area contributed by atoms with Gasteiger partial charge in [0.05, 0.1) is 19.4 Å². The van der Waals surface area contributed by atoms with Gasteiger partial charge in [0.25, 0.3) is 0 Å². The molecule has 0 aliphatic heterocycles. The van der Waals surface area contributed by atoms with Gasteiger partial charge in [-0.15, -0.1) is 0 Å². The zero-order valence-electron chi connectivity index (χ0n) is 11.1. The molecule has 0 bridgehead atoms. The van der Waals surface area contributed by atoms with Crippen LogP contribution in [0.5, 0.6) is 0 Å². The number of carbonyl (C=O) groups excluding carboxylic acids is 2. The lowest BCUT2D eigenvalue weighted by Gasteiger charge is -2.14. The van der Waals surface area contributed by atoms with Crippen molar-refractivity contribution in [1.29, 1.82) is 0 Å². The maximum Gasteiger partial charge on any atom is 0.307 e. The van der Waals surface area contributed by atoms with Gasteiger partial charge in [0.2, 0.25) is 0 Å². The summed E-state index contributed by atoms with van der Waals surface area (Å²) in [5.74, 6) is -0.555. The van der Waals surface area contributed by atoms with Crippen LogP contribution in [0.15, 0.2) is 0 Å². The highest BCUT2D eigenvalue weighted by atomic mass is 32.1. The molecule has 0 rings (SSSR count). The maximum atomic E-state index is 11.3. The van der Waals surface area contributed by atoms with E-state index in [1.807, 2.05) is 13.8 Å². The molecule has 0 fully saturated rings. The predicted molar refractivity (Wildman–Crippen MR) is 77.3 cm³/mol. The molecule has 3 atom stereocenters. The summed E-state index contributed by atoms with van der Waals surface area (Å²) in [6.07, 6.45) is 0.809. The molecule has 0 aliphatic carbocycles. The molecular weight excluding hydrogens is 272 g/mol. The fraction of sp³-hybridized carbons (Fsp3) is 0.833. The van der Waals surface area contributed by atoms with Gasteiger partial charge in [-0.2, -0.15) is 25.3 Å². The van der Waals surface area contributed by atoms with E-state index >= 15 is 0 Å². The van der Waals surface area contributed by atoms with Crippen LogP contribution in [0.2, 0.25) is 0 Å². The first-order valence-electron chi connectivity index (χ1n) is 6.02. The molecule has 0 heterocycles. The predicted octanol–water partition coefficient (Wildman–Crippen LogP) is 2.27. The highest BCUT2D eigenvalue weighted by molar-refractivity contribution is 7.81. The Morgan fingerprint density at radius 1 is 1.00 bits per heavy atom. The second kappa shape index (κ2) is 9.55. The monoisotopic (exact) mass is 294 g/mol. The smallest absolute Gasteiger partial charge is 0.307 e. The molecule has 0 aromatic carbocycles. The third kappa shape index (κ3) is 10.8. The van der Waals surface area contributed by atoms with Crippen LogP contribution < -0.4 is 0 Å². The van der Waals surface area contributed by atoms with Crippen molar-refractivity contribution in [2.45, 2.75) is 56.6 Å². The van der Waals surface area contributed by atoms with Crippen molar-refractivity contribution >= 4 is 37.2 Å². The molecule has 0 spiro atoms. The summed E-state index contributed by atoms with van der Waals surface area (Å²) in [7, 11) is 0. The average Bonchev–Trinajstić information content (AvgIpc) is 2.13. The van der Waals surface area contributed by atoms with Gasteiger partial charge >= 0.3 is 11.9 Å². The molecule has 0 saturated heterocycles. The van der Waals surface area contributed by atoms with Gasteiger partial charge in [-0.3, -0.25) is 9.59 Å². The summed E-state index contributed by atoms with van der Waals surface area (Å²) in [5.41, 5.74) is 0. The molecule has 18 heavy (non-hydrogen) atoms. The van der Waals surface area contributed by atoms with Crippen LogP contribution in [-0.2, 0) is 19.1 Å². The zero-order valence-corrected chi connectivity index (χ0v) is 12.9.